The van der Waals surface area contributed by atoms with Crippen LogP contribution in [-0.4, -0.2) is 35.8 Å². The maximum Gasteiger partial charge on any atom is 0.245 e. The van der Waals surface area contributed by atoms with Crippen molar-refractivity contribution in [1.82, 2.24) is 10.2 Å². The largest absolute Gasteiger partial charge is 0.344 e. The Morgan fingerprint density at radius 1 is 1.33 bits per heavy atom. The van der Waals surface area contributed by atoms with Crippen molar-refractivity contribution in [3.05, 3.63) is 0 Å². The molecule has 0 bridgehead atoms. The van der Waals surface area contributed by atoms with Gasteiger partial charge in [0.1, 0.15) is 6.04 Å². The molecule has 4 heteroatoms. The molecule has 0 aromatic carbocycles. The van der Waals surface area contributed by atoms with Gasteiger partial charge in [-0.1, -0.05) is 6.92 Å². The minimum absolute atomic E-state index is 0.0222. The zero-order chi connectivity index (χ0) is 12.8. The van der Waals surface area contributed by atoms with Crippen LogP contribution >= 0.6 is 0 Å². The lowest BCUT2D eigenvalue weighted by Crippen LogP contribution is -2.46. The van der Waals surface area contributed by atoms with Crippen LogP contribution in [0.2, 0.25) is 0 Å². The molecule has 0 radical (unpaired) electrons. The smallest absolute Gasteiger partial charge is 0.245 e. The van der Waals surface area contributed by atoms with Crippen LogP contribution in [0.1, 0.15) is 45.4 Å². The molecule has 100 valence electrons. The molecular weight excluding hydrogens is 228 g/mol. The van der Waals surface area contributed by atoms with E-state index in [2.05, 4.69) is 5.32 Å². The molecule has 1 heterocycles. The van der Waals surface area contributed by atoms with Crippen molar-refractivity contribution in [3.63, 3.8) is 0 Å². The van der Waals surface area contributed by atoms with Gasteiger partial charge in [-0.2, -0.15) is 0 Å². The van der Waals surface area contributed by atoms with E-state index in [1.165, 1.54) is 25.7 Å². The summed E-state index contributed by atoms with van der Waals surface area (Å²) in [7, 11) is 0. The van der Waals surface area contributed by atoms with E-state index in [4.69, 9.17) is 0 Å². The lowest BCUT2D eigenvalue weighted by molar-refractivity contribution is -0.134. The molecule has 3 rings (SSSR count). The second-order valence-electron chi connectivity index (χ2n) is 6.17. The summed E-state index contributed by atoms with van der Waals surface area (Å²) in [4.78, 5) is 25.9. The van der Waals surface area contributed by atoms with Gasteiger partial charge in [-0.25, -0.2) is 0 Å². The summed E-state index contributed by atoms with van der Waals surface area (Å²) in [5, 5.41) is 2.83. The first-order valence-corrected chi connectivity index (χ1v) is 7.23. The number of nitrogens with zero attached hydrogens (tertiary/aromatic N) is 1. The number of nitrogens with one attached hydrogen (secondary N) is 1. The van der Waals surface area contributed by atoms with Gasteiger partial charge in [-0.05, 0) is 43.4 Å². The summed E-state index contributed by atoms with van der Waals surface area (Å²) in [6.45, 7) is 3.46. The zero-order valence-electron chi connectivity index (χ0n) is 11.1. The first-order chi connectivity index (χ1) is 8.64. The highest BCUT2D eigenvalue weighted by Crippen LogP contribution is 2.61. The molecule has 1 atom stereocenters. The Labute approximate surface area is 108 Å². The van der Waals surface area contributed by atoms with Crippen LogP contribution in [0.5, 0.6) is 0 Å². The van der Waals surface area contributed by atoms with Crippen molar-refractivity contribution in [3.8, 4) is 0 Å². The van der Waals surface area contributed by atoms with Gasteiger partial charge in [0.2, 0.25) is 11.8 Å². The van der Waals surface area contributed by atoms with E-state index in [0.717, 1.165) is 12.5 Å². The molecule has 1 saturated heterocycles. The van der Waals surface area contributed by atoms with E-state index >= 15 is 0 Å². The number of carbonyl (C=O) groups is 2. The second kappa shape index (κ2) is 4.25. The minimum Gasteiger partial charge on any atom is -0.344 e. The number of hydrogen-bond acceptors (Lipinski definition) is 2. The topological polar surface area (TPSA) is 49.4 Å². The van der Waals surface area contributed by atoms with E-state index in [0.29, 0.717) is 24.8 Å². The third-order valence-corrected chi connectivity index (χ3v) is 4.80. The summed E-state index contributed by atoms with van der Waals surface area (Å²) in [5.74, 6) is 1.02. The highest BCUT2D eigenvalue weighted by atomic mass is 16.2. The number of hydrogen-bond donors (Lipinski definition) is 1. The van der Waals surface area contributed by atoms with Gasteiger partial charge < -0.3 is 10.2 Å². The first-order valence-electron chi connectivity index (χ1n) is 7.23. The normalized spacial score (nSPS) is 30.9. The molecule has 1 aliphatic heterocycles. The Balaban J connectivity index is 1.69. The molecule has 3 fully saturated rings. The lowest BCUT2D eigenvalue weighted by atomic mass is 9.99. The fraction of sp³-hybridized carbons (Fsp3) is 0.857. The van der Waals surface area contributed by atoms with Crippen molar-refractivity contribution in [2.24, 2.45) is 11.3 Å². The molecule has 18 heavy (non-hydrogen) atoms. The monoisotopic (exact) mass is 250 g/mol. The van der Waals surface area contributed by atoms with Gasteiger partial charge in [-0.15, -0.1) is 0 Å². The molecule has 1 N–H and O–H groups in total. The highest BCUT2D eigenvalue weighted by molar-refractivity contribution is 5.89. The Hall–Kier alpha value is -1.06. The maximum absolute atomic E-state index is 12.4. The molecule has 0 spiro atoms. The fourth-order valence-electron chi connectivity index (χ4n) is 3.26. The lowest BCUT2D eigenvalue weighted by Gasteiger charge is -2.28. The van der Waals surface area contributed by atoms with Gasteiger partial charge in [0.05, 0.1) is 0 Å². The third-order valence-electron chi connectivity index (χ3n) is 4.80. The minimum atomic E-state index is -0.296. The van der Waals surface area contributed by atoms with Crippen molar-refractivity contribution in [1.29, 1.82) is 0 Å². The van der Waals surface area contributed by atoms with Gasteiger partial charge in [-0.3, -0.25) is 9.59 Å². The average molecular weight is 250 g/mol. The summed E-state index contributed by atoms with van der Waals surface area (Å²) >= 11 is 0. The van der Waals surface area contributed by atoms with E-state index in [-0.39, 0.29) is 17.9 Å². The molecule has 3 aliphatic rings. The van der Waals surface area contributed by atoms with E-state index in [1.54, 1.807) is 0 Å². The van der Waals surface area contributed by atoms with Gasteiger partial charge in [0, 0.05) is 19.5 Å². The van der Waals surface area contributed by atoms with Crippen molar-refractivity contribution in [2.45, 2.75) is 51.5 Å². The summed E-state index contributed by atoms with van der Waals surface area (Å²) in [6, 6.07) is -0.296. The van der Waals surface area contributed by atoms with E-state index in [1.807, 2.05) is 11.8 Å². The Morgan fingerprint density at radius 2 is 2.06 bits per heavy atom. The standard InChI is InChI=1S/C14H22N2O2/c1-2-11-13(18)16(8-5-12(17)15-11)9-14(6-7-14)10-3-4-10/h10-11H,2-9H2,1H3,(H,15,17). The summed E-state index contributed by atoms with van der Waals surface area (Å²) in [5.41, 5.74) is 0.432. The fourth-order valence-corrected chi connectivity index (χ4v) is 3.26. The maximum atomic E-state index is 12.4. The number of rotatable bonds is 4. The quantitative estimate of drug-likeness (QED) is 0.817. The van der Waals surface area contributed by atoms with Crippen LogP contribution in [-0.2, 0) is 9.59 Å². The Kier molecular flexibility index (Phi) is 2.83. The van der Waals surface area contributed by atoms with Crippen LogP contribution in [0.3, 0.4) is 0 Å². The first kappa shape index (κ1) is 12.0. The van der Waals surface area contributed by atoms with Gasteiger partial charge in [0.15, 0.2) is 0 Å². The molecule has 0 aromatic heterocycles. The molecule has 2 amide bonds. The predicted octanol–water partition coefficient (Wildman–Crippen LogP) is 1.30. The zero-order valence-corrected chi connectivity index (χ0v) is 11.1. The molecule has 4 nitrogen and oxygen atoms in total. The van der Waals surface area contributed by atoms with E-state index in [9.17, 15) is 9.59 Å². The molecule has 1 unspecified atom stereocenters. The van der Waals surface area contributed by atoms with Crippen LogP contribution in [0, 0.1) is 11.3 Å². The molecule has 0 aromatic rings. The van der Waals surface area contributed by atoms with Crippen molar-refractivity contribution >= 4 is 11.8 Å². The summed E-state index contributed by atoms with van der Waals surface area (Å²) < 4.78 is 0. The number of carbonyl (C=O) groups excluding carboxylic acids is 2. The molecular formula is C14H22N2O2. The summed E-state index contributed by atoms with van der Waals surface area (Å²) in [6.07, 6.45) is 6.40. The van der Waals surface area contributed by atoms with E-state index < -0.39 is 0 Å². The highest BCUT2D eigenvalue weighted by Gasteiger charge is 2.55. The Bertz CT molecular complexity index is 372. The van der Waals surface area contributed by atoms with Crippen LogP contribution in [0.25, 0.3) is 0 Å². The van der Waals surface area contributed by atoms with Crippen LogP contribution in [0.4, 0.5) is 0 Å². The predicted molar refractivity (Wildman–Crippen MR) is 67.8 cm³/mol. The average Bonchev–Trinajstić information content (AvgIpc) is 3.20. The van der Waals surface area contributed by atoms with Crippen LogP contribution < -0.4 is 5.32 Å². The third kappa shape index (κ3) is 2.13. The molecule has 2 saturated carbocycles. The van der Waals surface area contributed by atoms with Crippen molar-refractivity contribution < 1.29 is 9.59 Å². The molecule has 2 aliphatic carbocycles. The Morgan fingerprint density at radius 3 is 2.61 bits per heavy atom. The van der Waals surface area contributed by atoms with Crippen molar-refractivity contribution in [2.75, 3.05) is 13.1 Å². The van der Waals surface area contributed by atoms with Gasteiger partial charge in [0.25, 0.3) is 0 Å². The second-order valence-corrected chi connectivity index (χ2v) is 6.17. The number of amides is 2. The van der Waals surface area contributed by atoms with Crippen LogP contribution in [0.15, 0.2) is 0 Å². The van der Waals surface area contributed by atoms with Gasteiger partial charge >= 0.3 is 0 Å². The SMILES string of the molecule is CCC1NC(=O)CCN(CC2(C3CC3)CC2)C1=O.